The van der Waals surface area contributed by atoms with Crippen LogP contribution in [0.2, 0.25) is 0 Å². The molecule has 1 saturated heterocycles. The van der Waals surface area contributed by atoms with Crippen LogP contribution >= 0.6 is 0 Å². The standard InChI is InChI=1S/C18H17N3O3/c22-17(21-8-6-12-13(10-21)16(12)18(23)24)11-4-5-15(20-9-11)14-3-1-2-7-19-14/h1-5,7,9,12-13,16H,6,8,10H2,(H,23,24)/t12-,13+,16-/m1/s1. The number of nitrogens with zero attached hydrogens (tertiary/aromatic N) is 3. The van der Waals surface area contributed by atoms with Crippen LogP contribution in [-0.2, 0) is 4.79 Å². The lowest BCUT2D eigenvalue weighted by atomic mass is 10.1. The molecule has 2 aromatic rings. The Bertz CT molecular complexity index is 776. The summed E-state index contributed by atoms with van der Waals surface area (Å²) in [4.78, 5) is 34.1. The predicted molar refractivity (Wildman–Crippen MR) is 86.1 cm³/mol. The largest absolute Gasteiger partial charge is 0.481 e. The van der Waals surface area contributed by atoms with Crippen LogP contribution in [0.5, 0.6) is 0 Å². The summed E-state index contributed by atoms with van der Waals surface area (Å²) in [7, 11) is 0. The molecule has 24 heavy (non-hydrogen) atoms. The molecule has 0 bridgehead atoms. The first-order chi connectivity index (χ1) is 11.6. The molecule has 0 spiro atoms. The maximum atomic E-state index is 12.6. The number of carbonyl (C=O) groups excluding carboxylic acids is 1. The van der Waals surface area contributed by atoms with Crippen LogP contribution in [-0.4, -0.2) is 44.9 Å². The highest BCUT2D eigenvalue weighted by molar-refractivity contribution is 5.94. The number of aliphatic carboxylic acids is 1. The van der Waals surface area contributed by atoms with Crippen molar-refractivity contribution in [2.45, 2.75) is 6.42 Å². The van der Waals surface area contributed by atoms with Gasteiger partial charge in [0, 0.05) is 25.5 Å². The van der Waals surface area contributed by atoms with Crippen molar-refractivity contribution in [1.29, 1.82) is 0 Å². The number of carbonyl (C=O) groups is 2. The van der Waals surface area contributed by atoms with Crippen LogP contribution < -0.4 is 0 Å². The second-order valence-electron chi connectivity index (χ2n) is 6.38. The fraction of sp³-hybridized carbons (Fsp3) is 0.333. The van der Waals surface area contributed by atoms with Crippen LogP contribution in [0, 0.1) is 17.8 Å². The molecule has 1 amide bonds. The molecule has 1 saturated carbocycles. The molecule has 0 radical (unpaired) electrons. The zero-order chi connectivity index (χ0) is 16.7. The highest BCUT2D eigenvalue weighted by Crippen LogP contribution is 2.51. The minimum atomic E-state index is -0.735. The average Bonchev–Trinajstić information content (AvgIpc) is 3.36. The third-order valence-corrected chi connectivity index (χ3v) is 5.01. The van der Waals surface area contributed by atoms with Crippen LogP contribution in [0.15, 0.2) is 42.7 Å². The summed E-state index contributed by atoms with van der Waals surface area (Å²) in [6, 6.07) is 9.15. The van der Waals surface area contributed by atoms with Crippen LogP contribution in [0.4, 0.5) is 0 Å². The SMILES string of the molecule is O=C(O)[C@@H]1[C@@H]2CCN(C(=O)c3ccc(-c4ccccn4)nc3)C[C@@H]21. The number of likely N-dealkylation sites (tertiary alicyclic amines) is 1. The van der Waals surface area contributed by atoms with E-state index in [1.54, 1.807) is 29.4 Å². The van der Waals surface area contributed by atoms with Gasteiger partial charge in [0.2, 0.25) is 0 Å². The number of hydrogen-bond donors (Lipinski definition) is 1. The third kappa shape index (κ3) is 2.54. The summed E-state index contributed by atoms with van der Waals surface area (Å²) >= 11 is 0. The molecule has 1 N–H and O–H groups in total. The molecule has 0 unspecified atom stereocenters. The summed E-state index contributed by atoms with van der Waals surface area (Å²) in [6.07, 6.45) is 4.04. The van der Waals surface area contributed by atoms with Gasteiger partial charge < -0.3 is 10.0 Å². The minimum absolute atomic E-state index is 0.0791. The number of pyridine rings is 2. The van der Waals surface area contributed by atoms with E-state index in [0.29, 0.717) is 18.7 Å². The molecular weight excluding hydrogens is 306 g/mol. The lowest BCUT2D eigenvalue weighted by molar-refractivity contribution is -0.139. The molecule has 122 valence electrons. The third-order valence-electron chi connectivity index (χ3n) is 5.01. The molecule has 6 heteroatoms. The Kier molecular flexibility index (Phi) is 3.52. The van der Waals surface area contributed by atoms with Crippen molar-refractivity contribution in [1.82, 2.24) is 14.9 Å². The van der Waals surface area contributed by atoms with E-state index in [9.17, 15) is 9.59 Å². The normalized spacial score (nSPS) is 25.0. The first-order valence-electron chi connectivity index (χ1n) is 8.04. The first-order valence-corrected chi connectivity index (χ1v) is 8.04. The summed E-state index contributed by atoms with van der Waals surface area (Å²) in [5.74, 6) is -0.727. The smallest absolute Gasteiger partial charge is 0.307 e. The molecule has 0 aromatic carbocycles. The van der Waals surface area contributed by atoms with E-state index in [1.165, 1.54) is 0 Å². The van der Waals surface area contributed by atoms with Crippen molar-refractivity contribution in [3.8, 4) is 11.4 Å². The lowest BCUT2D eigenvalue weighted by Crippen LogP contribution is -2.37. The molecule has 3 heterocycles. The van der Waals surface area contributed by atoms with Gasteiger partial charge >= 0.3 is 5.97 Å². The number of hydrogen-bond acceptors (Lipinski definition) is 4. The van der Waals surface area contributed by atoms with Crippen molar-refractivity contribution in [2.75, 3.05) is 13.1 Å². The Morgan fingerprint density at radius 3 is 2.58 bits per heavy atom. The predicted octanol–water partition coefficient (Wildman–Crippen LogP) is 1.94. The molecule has 2 fully saturated rings. The van der Waals surface area contributed by atoms with E-state index < -0.39 is 5.97 Å². The summed E-state index contributed by atoms with van der Waals surface area (Å²) in [6.45, 7) is 1.15. The highest BCUT2D eigenvalue weighted by atomic mass is 16.4. The van der Waals surface area contributed by atoms with E-state index in [4.69, 9.17) is 5.11 Å². The summed E-state index contributed by atoms with van der Waals surface area (Å²) in [5, 5.41) is 9.15. The van der Waals surface area contributed by atoms with E-state index in [1.807, 2.05) is 18.2 Å². The number of carboxylic acids is 1. The Morgan fingerprint density at radius 1 is 1.08 bits per heavy atom. The van der Waals surface area contributed by atoms with Gasteiger partial charge in [0.15, 0.2) is 0 Å². The van der Waals surface area contributed by atoms with Gasteiger partial charge in [-0.05, 0) is 42.5 Å². The van der Waals surface area contributed by atoms with E-state index in [0.717, 1.165) is 17.8 Å². The molecule has 1 aliphatic carbocycles. The van der Waals surface area contributed by atoms with Crippen molar-refractivity contribution in [3.63, 3.8) is 0 Å². The Labute approximate surface area is 139 Å². The number of aromatic nitrogens is 2. The van der Waals surface area contributed by atoms with Gasteiger partial charge in [-0.25, -0.2) is 0 Å². The van der Waals surface area contributed by atoms with Crippen LogP contribution in [0.25, 0.3) is 11.4 Å². The van der Waals surface area contributed by atoms with Crippen LogP contribution in [0.1, 0.15) is 16.8 Å². The Morgan fingerprint density at radius 2 is 1.92 bits per heavy atom. The lowest BCUT2D eigenvalue weighted by Gasteiger charge is -2.26. The Hall–Kier alpha value is -2.76. The monoisotopic (exact) mass is 323 g/mol. The number of fused-ring (bicyclic) bond motifs is 1. The molecule has 3 atom stereocenters. The van der Waals surface area contributed by atoms with Gasteiger partial charge in [0.1, 0.15) is 0 Å². The quantitative estimate of drug-likeness (QED) is 0.933. The van der Waals surface area contributed by atoms with Gasteiger partial charge in [-0.3, -0.25) is 19.6 Å². The van der Waals surface area contributed by atoms with Crippen LogP contribution in [0.3, 0.4) is 0 Å². The van der Waals surface area contributed by atoms with Gasteiger partial charge in [0.05, 0.1) is 22.9 Å². The average molecular weight is 323 g/mol. The fourth-order valence-electron chi connectivity index (χ4n) is 3.66. The van der Waals surface area contributed by atoms with E-state index >= 15 is 0 Å². The van der Waals surface area contributed by atoms with Crippen molar-refractivity contribution >= 4 is 11.9 Å². The van der Waals surface area contributed by atoms with Gasteiger partial charge in [-0.2, -0.15) is 0 Å². The number of piperidine rings is 1. The zero-order valence-corrected chi connectivity index (χ0v) is 13.0. The van der Waals surface area contributed by atoms with E-state index in [2.05, 4.69) is 9.97 Å². The maximum absolute atomic E-state index is 12.6. The first kappa shape index (κ1) is 14.8. The van der Waals surface area contributed by atoms with Gasteiger partial charge in [-0.1, -0.05) is 6.07 Å². The molecule has 4 rings (SSSR count). The van der Waals surface area contributed by atoms with Gasteiger partial charge in [-0.15, -0.1) is 0 Å². The van der Waals surface area contributed by atoms with Crippen molar-refractivity contribution in [2.24, 2.45) is 17.8 Å². The minimum Gasteiger partial charge on any atom is -0.481 e. The summed E-state index contributed by atoms with van der Waals surface area (Å²) in [5.41, 5.74) is 2.01. The zero-order valence-electron chi connectivity index (χ0n) is 13.0. The van der Waals surface area contributed by atoms with Gasteiger partial charge in [0.25, 0.3) is 5.91 Å². The molecule has 2 aromatic heterocycles. The maximum Gasteiger partial charge on any atom is 0.307 e. The molecule has 6 nitrogen and oxygen atoms in total. The molecular formula is C18H17N3O3. The molecule has 2 aliphatic rings. The second-order valence-corrected chi connectivity index (χ2v) is 6.38. The topological polar surface area (TPSA) is 83.4 Å². The fourth-order valence-corrected chi connectivity index (χ4v) is 3.66. The van der Waals surface area contributed by atoms with Crippen molar-refractivity contribution < 1.29 is 14.7 Å². The van der Waals surface area contributed by atoms with Crippen molar-refractivity contribution in [3.05, 3.63) is 48.3 Å². The highest BCUT2D eigenvalue weighted by Gasteiger charge is 2.57. The summed E-state index contributed by atoms with van der Waals surface area (Å²) < 4.78 is 0. The molecule has 1 aliphatic heterocycles. The Balaban J connectivity index is 1.46. The number of rotatable bonds is 3. The second kappa shape index (κ2) is 5.70. The number of amides is 1. The number of carboxylic acid groups (broad SMARTS) is 1. The van der Waals surface area contributed by atoms with E-state index in [-0.39, 0.29) is 23.7 Å².